The second-order valence-electron chi connectivity index (χ2n) is 9.66. The molecule has 2 unspecified atom stereocenters. The number of carbonyl (C=O) groups excluding carboxylic acids is 1. The number of amides is 1. The van der Waals surface area contributed by atoms with Crippen LogP contribution in [0.15, 0.2) is 40.9 Å². The van der Waals surface area contributed by atoms with Crippen molar-refractivity contribution in [2.24, 2.45) is 0 Å². The Hall–Kier alpha value is -3.47. The number of nitrogens with zero attached hydrogens (tertiary/aromatic N) is 4. The van der Waals surface area contributed by atoms with E-state index in [0.717, 1.165) is 54.3 Å². The summed E-state index contributed by atoms with van der Waals surface area (Å²) in [7, 11) is 3.69. The van der Waals surface area contributed by atoms with E-state index in [1.807, 2.05) is 24.3 Å². The van der Waals surface area contributed by atoms with Crippen LogP contribution in [-0.4, -0.2) is 72.5 Å². The third kappa shape index (κ3) is 5.61. The van der Waals surface area contributed by atoms with Gasteiger partial charge in [-0.1, -0.05) is 5.16 Å². The fourth-order valence-corrected chi connectivity index (χ4v) is 4.69. The van der Waals surface area contributed by atoms with E-state index in [1.165, 1.54) is 0 Å². The van der Waals surface area contributed by atoms with Gasteiger partial charge < -0.3 is 34.2 Å². The zero-order valence-electron chi connectivity index (χ0n) is 21.4. The standard InChI is InChI=1S/C27H33N5O5/c1-17(33)20-14-19-6-9-23(36-25(19)22(15-20)32-12-10-31(2)11-13-32)26(34)28-21-7-4-18(5-8-21)27-29-24(16-35-3)30-37-27/h4-5,7-8,14-15,17,23,33H,6,9-13,16H2,1-3H3,(H,28,34). The number of rotatable bonds is 7. The lowest BCUT2D eigenvalue weighted by Crippen LogP contribution is -2.45. The fourth-order valence-electron chi connectivity index (χ4n) is 4.69. The number of benzene rings is 2. The second-order valence-corrected chi connectivity index (χ2v) is 9.66. The number of carbonyl (C=O) groups is 1. The summed E-state index contributed by atoms with van der Waals surface area (Å²) in [4.78, 5) is 22.0. The van der Waals surface area contributed by atoms with E-state index in [9.17, 15) is 9.90 Å². The van der Waals surface area contributed by atoms with E-state index >= 15 is 0 Å². The van der Waals surface area contributed by atoms with E-state index in [2.05, 4.69) is 32.3 Å². The molecule has 0 bridgehead atoms. The number of hydrogen-bond donors (Lipinski definition) is 2. The summed E-state index contributed by atoms with van der Waals surface area (Å²) < 4.78 is 16.6. The zero-order valence-corrected chi connectivity index (χ0v) is 21.4. The van der Waals surface area contributed by atoms with Crippen molar-refractivity contribution in [1.29, 1.82) is 0 Å². The molecule has 0 saturated carbocycles. The molecule has 1 amide bonds. The SMILES string of the molecule is COCc1noc(-c2ccc(NC(=O)C3CCc4cc(C(C)O)cc(N5CCN(C)CC5)c4O3)cc2)n1. The summed E-state index contributed by atoms with van der Waals surface area (Å²) in [5.41, 5.74) is 4.27. The summed E-state index contributed by atoms with van der Waals surface area (Å²) in [6.45, 7) is 5.68. The molecule has 0 radical (unpaired) electrons. The first-order valence-corrected chi connectivity index (χ1v) is 12.6. The minimum Gasteiger partial charge on any atom is -0.478 e. The molecule has 196 valence electrons. The molecule has 0 spiro atoms. The van der Waals surface area contributed by atoms with Gasteiger partial charge in [-0.2, -0.15) is 4.98 Å². The molecule has 0 aliphatic carbocycles. The smallest absolute Gasteiger partial charge is 0.265 e. The van der Waals surface area contributed by atoms with E-state index in [1.54, 1.807) is 26.2 Å². The topological polar surface area (TPSA) is 113 Å². The van der Waals surface area contributed by atoms with Crippen LogP contribution in [0, 0.1) is 0 Å². The number of nitrogens with one attached hydrogen (secondary N) is 1. The average Bonchev–Trinajstić information content (AvgIpc) is 3.37. The lowest BCUT2D eigenvalue weighted by atomic mass is 9.96. The molecular weight excluding hydrogens is 474 g/mol. The quantitative estimate of drug-likeness (QED) is 0.498. The zero-order chi connectivity index (χ0) is 25.9. The van der Waals surface area contributed by atoms with Gasteiger partial charge in [-0.25, -0.2) is 0 Å². The summed E-state index contributed by atoms with van der Waals surface area (Å²) in [5, 5.41) is 17.1. The van der Waals surface area contributed by atoms with Crippen molar-refractivity contribution in [3.05, 3.63) is 53.3 Å². The van der Waals surface area contributed by atoms with Crippen molar-refractivity contribution < 1.29 is 23.9 Å². The second kappa shape index (κ2) is 10.9. The highest BCUT2D eigenvalue weighted by Crippen LogP contribution is 2.40. The van der Waals surface area contributed by atoms with Crippen LogP contribution in [0.5, 0.6) is 5.75 Å². The Labute approximate surface area is 216 Å². The molecule has 3 heterocycles. The van der Waals surface area contributed by atoms with Crippen LogP contribution >= 0.6 is 0 Å². The Kier molecular flexibility index (Phi) is 7.40. The first-order valence-electron chi connectivity index (χ1n) is 12.6. The molecule has 2 aliphatic heterocycles. The summed E-state index contributed by atoms with van der Waals surface area (Å²) in [5.74, 6) is 1.42. The highest BCUT2D eigenvalue weighted by molar-refractivity contribution is 5.95. The number of hydrogen-bond acceptors (Lipinski definition) is 9. The van der Waals surface area contributed by atoms with Gasteiger partial charge in [-0.3, -0.25) is 4.79 Å². The van der Waals surface area contributed by atoms with Gasteiger partial charge in [0.15, 0.2) is 11.9 Å². The first-order chi connectivity index (χ1) is 17.9. The highest BCUT2D eigenvalue weighted by Gasteiger charge is 2.31. The Balaban J connectivity index is 1.30. The number of anilines is 2. The summed E-state index contributed by atoms with van der Waals surface area (Å²) >= 11 is 0. The van der Waals surface area contributed by atoms with Crippen LogP contribution < -0.4 is 15.0 Å². The monoisotopic (exact) mass is 507 g/mol. The molecule has 2 atom stereocenters. The van der Waals surface area contributed by atoms with E-state index in [4.69, 9.17) is 14.0 Å². The van der Waals surface area contributed by atoms with E-state index in [-0.39, 0.29) is 12.5 Å². The van der Waals surface area contributed by atoms with Crippen molar-refractivity contribution >= 4 is 17.3 Å². The van der Waals surface area contributed by atoms with Gasteiger partial charge >= 0.3 is 0 Å². The molecule has 1 saturated heterocycles. The number of aliphatic hydroxyl groups excluding tert-OH is 1. The van der Waals surface area contributed by atoms with Crippen LogP contribution in [0.4, 0.5) is 11.4 Å². The number of likely N-dealkylation sites (N-methyl/N-ethyl adjacent to an activating group) is 1. The summed E-state index contributed by atoms with van der Waals surface area (Å²) in [6.07, 6.45) is 0.0869. The Morgan fingerprint density at radius 1 is 1.22 bits per heavy atom. The van der Waals surface area contributed by atoms with Crippen molar-refractivity contribution in [3.8, 4) is 17.2 Å². The molecule has 2 aromatic carbocycles. The molecule has 10 heteroatoms. The Morgan fingerprint density at radius 2 is 1.97 bits per heavy atom. The van der Waals surface area contributed by atoms with Gasteiger partial charge in [-0.15, -0.1) is 0 Å². The first kappa shape index (κ1) is 25.2. The molecule has 37 heavy (non-hydrogen) atoms. The van der Waals surface area contributed by atoms with E-state index in [0.29, 0.717) is 30.2 Å². The molecule has 2 N–H and O–H groups in total. The number of aryl methyl sites for hydroxylation is 1. The number of aromatic nitrogens is 2. The lowest BCUT2D eigenvalue weighted by molar-refractivity contribution is -0.123. The van der Waals surface area contributed by atoms with Crippen LogP contribution in [0.1, 0.15) is 36.4 Å². The Morgan fingerprint density at radius 3 is 2.68 bits per heavy atom. The lowest BCUT2D eigenvalue weighted by Gasteiger charge is -2.37. The average molecular weight is 508 g/mol. The minimum atomic E-state index is -0.608. The number of ether oxygens (including phenoxy) is 2. The van der Waals surface area contributed by atoms with Gasteiger partial charge in [-0.05, 0) is 74.3 Å². The fraction of sp³-hybridized carbons (Fsp3) is 0.444. The van der Waals surface area contributed by atoms with Crippen LogP contribution in [0.25, 0.3) is 11.5 Å². The van der Waals surface area contributed by atoms with Crippen LogP contribution in [0.3, 0.4) is 0 Å². The van der Waals surface area contributed by atoms with Gasteiger partial charge in [0.1, 0.15) is 12.4 Å². The maximum Gasteiger partial charge on any atom is 0.265 e. The maximum atomic E-state index is 13.2. The highest BCUT2D eigenvalue weighted by atomic mass is 16.5. The Bertz CT molecular complexity index is 1230. The van der Waals surface area contributed by atoms with Crippen LogP contribution in [-0.2, 0) is 22.6 Å². The molecule has 1 fully saturated rings. The predicted octanol–water partition coefficient (Wildman–Crippen LogP) is 3.02. The number of piperazine rings is 1. The summed E-state index contributed by atoms with van der Waals surface area (Å²) in [6, 6.07) is 11.2. The van der Waals surface area contributed by atoms with Crippen LogP contribution in [0.2, 0.25) is 0 Å². The van der Waals surface area contributed by atoms with Gasteiger partial charge in [0.2, 0.25) is 0 Å². The van der Waals surface area contributed by atoms with Gasteiger partial charge in [0, 0.05) is 44.5 Å². The van der Waals surface area contributed by atoms with Gasteiger partial charge in [0.05, 0.1) is 11.8 Å². The van der Waals surface area contributed by atoms with Crippen molar-refractivity contribution in [2.75, 3.05) is 50.6 Å². The number of fused-ring (bicyclic) bond motifs is 1. The molecule has 1 aromatic heterocycles. The number of methoxy groups -OCH3 is 1. The molecule has 2 aliphatic rings. The molecule has 3 aromatic rings. The minimum absolute atomic E-state index is 0.192. The number of aliphatic hydroxyl groups is 1. The maximum absolute atomic E-state index is 13.2. The van der Waals surface area contributed by atoms with E-state index < -0.39 is 12.2 Å². The third-order valence-corrected chi connectivity index (χ3v) is 6.86. The third-order valence-electron chi connectivity index (χ3n) is 6.86. The normalized spacial score (nSPS) is 18.7. The van der Waals surface area contributed by atoms with Gasteiger partial charge in [0.25, 0.3) is 11.8 Å². The van der Waals surface area contributed by atoms with Crippen molar-refractivity contribution in [1.82, 2.24) is 15.0 Å². The molecule has 10 nitrogen and oxygen atoms in total. The molecule has 5 rings (SSSR count). The predicted molar refractivity (Wildman–Crippen MR) is 139 cm³/mol. The molecular formula is C27H33N5O5. The van der Waals surface area contributed by atoms with Crippen molar-refractivity contribution in [2.45, 2.75) is 38.6 Å². The largest absolute Gasteiger partial charge is 0.478 e. The van der Waals surface area contributed by atoms with Crippen molar-refractivity contribution in [3.63, 3.8) is 0 Å².